The second kappa shape index (κ2) is 9.56. The molecule has 0 saturated heterocycles. The molecule has 102 valence electrons. The second-order valence-corrected chi connectivity index (χ2v) is 4.43. The minimum absolute atomic E-state index is 0.140. The average Bonchev–Trinajstić information content (AvgIpc) is 2.50. The van der Waals surface area contributed by atoms with E-state index in [0.29, 0.717) is 12.3 Å². The SMILES string of the molecule is OCc1ccccc1.O[C@H](CCCl)c1ccccc1. The molecular weight excluding hydrogens is 260 g/mol. The number of hydrogen-bond acceptors (Lipinski definition) is 2. The number of rotatable bonds is 4. The van der Waals surface area contributed by atoms with E-state index in [4.69, 9.17) is 16.7 Å². The molecule has 0 amide bonds. The largest absolute Gasteiger partial charge is 0.392 e. The summed E-state index contributed by atoms with van der Waals surface area (Å²) in [5, 5.41) is 18.0. The Morgan fingerprint density at radius 3 is 1.84 bits per heavy atom. The van der Waals surface area contributed by atoms with Crippen molar-refractivity contribution in [2.75, 3.05) is 5.88 Å². The summed E-state index contributed by atoms with van der Waals surface area (Å²) in [5.41, 5.74) is 1.90. The zero-order valence-electron chi connectivity index (χ0n) is 10.7. The van der Waals surface area contributed by atoms with Crippen molar-refractivity contribution in [2.24, 2.45) is 0 Å². The Hall–Kier alpha value is -1.35. The Labute approximate surface area is 119 Å². The Kier molecular flexibility index (Phi) is 7.91. The molecule has 0 aliphatic carbocycles. The maximum atomic E-state index is 9.44. The van der Waals surface area contributed by atoms with Gasteiger partial charge in [0.25, 0.3) is 0 Å². The normalized spacial score (nSPS) is 11.3. The van der Waals surface area contributed by atoms with Gasteiger partial charge in [-0.3, -0.25) is 0 Å². The lowest BCUT2D eigenvalue weighted by Crippen LogP contribution is -1.96. The summed E-state index contributed by atoms with van der Waals surface area (Å²) in [4.78, 5) is 0. The summed E-state index contributed by atoms with van der Waals surface area (Å²) in [5.74, 6) is 0.496. The van der Waals surface area contributed by atoms with Crippen LogP contribution in [0.5, 0.6) is 0 Å². The molecule has 0 bridgehead atoms. The molecule has 2 rings (SSSR count). The average molecular weight is 279 g/mol. The van der Waals surface area contributed by atoms with Crippen molar-refractivity contribution in [2.45, 2.75) is 19.1 Å². The first kappa shape index (κ1) is 15.7. The highest BCUT2D eigenvalue weighted by Crippen LogP contribution is 2.15. The topological polar surface area (TPSA) is 40.5 Å². The Balaban J connectivity index is 0.000000200. The third kappa shape index (κ3) is 6.39. The number of benzene rings is 2. The fraction of sp³-hybridized carbons (Fsp3) is 0.250. The van der Waals surface area contributed by atoms with Gasteiger partial charge in [0.15, 0.2) is 0 Å². The van der Waals surface area contributed by atoms with Crippen molar-refractivity contribution in [1.82, 2.24) is 0 Å². The van der Waals surface area contributed by atoms with E-state index >= 15 is 0 Å². The molecule has 1 atom stereocenters. The molecular formula is C16H19ClO2. The van der Waals surface area contributed by atoms with Gasteiger partial charge in [-0.25, -0.2) is 0 Å². The third-order valence-corrected chi connectivity index (χ3v) is 2.81. The minimum Gasteiger partial charge on any atom is -0.392 e. The van der Waals surface area contributed by atoms with Gasteiger partial charge in [-0.05, 0) is 17.5 Å². The van der Waals surface area contributed by atoms with E-state index in [-0.39, 0.29) is 6.61 Å². The van der Waals surface area contributed by atoms with Gasteiger partial charge in [-0.2, -0.15) is 0 Å². The maximum absolute atomic E-state index is 9.44. The van der Waals surface area contributed by atoms with E-state index in [1.165, 1.54) is 0 Å². The van der Waals surface area contributed by atoms with Gasteiger partial charge in [0.2, 0.25) is 0 Å². The number of aliphatic hydroxyl groups excluding tert-OH is 2. The predicted molar refractivity (Wildman–Crippen MR) is 79.1 cm³/mol. The lowest BCUT2D eigenvalue weighted by Gasteiger charge is -2.07. The van der Waals surface area contributed by atoms with Gasteiger partial charge < -0.3 is 10.2 Å². The Bertz CT molecular complexity index is 431. The van der Waals surface area contributed by atoms with Crippen LogP contribution in [0.3, 0.4) is 0 Å². The van der Waals surface area contributed by atoms with E-state index in [1.807, 2.05) is 60.7 Å². The molecule has 0 aliphatic rings. The van der Waals surface area contributed by atoms with E-state index in [2.05, 4.69) is 0 Å². The van der Waals surface area contributed by atoms with E-state index in [1.54, 1.807) is 0 Å². The predicted octanol–water partition coefficient (Wildman–Crippen LogP) is 3.53. The molecule has 0 aromatic heterocycles. The lowest BCUT2D eigenvalue weighted by atomic mass is 10.1. The van der Waals surface area contributed by atoms with Gasteiger partial charge in [-0.1, -0.05) is 60.7 Å². The first-order valence-corrected chi connectivity index (χ1v) is 6.75. The molecule has 0 heterocycles. The summed E-state index contributed by atoms with van der Waals surface area (Å²) in [6.07, 6.45) is 0.208. The summed E-state index contributed by atoms with van der Waals surface area (Å²) in [6, 6.07) is 19.1. The number of halogens is 1. The number of hydrogen-bond donors (Lipinski definition) is 2. The van der Waals surface area contributed by atoms with E-state index in [9.17, 15) is 5.11 Å². The zero-order valence-corrected chi connectivity index (χ0v) is 11.5. The molecule has 2 aromatic rings. The summed E-state index contributed by atoms with van der Waals surface area (Å²) in [7, 11) is 0. The van der Waals surface area contributed by atoms with Crippen LogP contribution < -0.4 is 0 Å². The van der Waals surface area contributed by atoms with Crippen molar-refractivity contribution in [1.29, 1.82) is 0 Å². The molecule has 2 aromatic carbocycles. The van der Waals surface area contributed by atoms with Crippen molar-refractivity contribution >= 4 is 11.6 Å². The minimum atomic E-state index is -0.409. The Morgan fingerprint density at radius 2 is 1.42 bits per heavy atom. The van der Waals surface area contributed by atoms with Crippen LogP contribution in [0.2, 0.25) is 0 Å². The van der Waals surface area contributed by atoms with Crippen LogP contribution >= 0.6 is 11.6 Å². The molecule has 0 radical (unpaired) electrons. The highest BCUT2D eigenvalue weighted by atomic mass is 35.5. The van der Waals surface area contributed by atoms with Gasteiger partial charge >= 0.3 is 0 Å². The van der Waals surface area contributed by atoms with Crippen molar-refractivity contribution in [3.63, 3.8) is 0 Å². The van der Waals surface area contributed by atoms with E-state index in [0.717, 1.165) is 11.1 Å². The van der Waals surface area contributed by atoms with Gasteiger partial charge in [-0.15, -0.1) is 11.6 Å². The van der Waals surface area contributed by atoms with Gasteiger partial charge in [0.05, 0.1) is 12.7 Å². The summed E-state index contributed by atoms with van der Waals surface area (Å²) in [6.45, 7) is 0.140. The maximum Gasteiger partial charge on any atom is 0.0801 e. The molecule has 0 spiro atoms. The smallest absolute Gasteiger partial charge is 0.0801 e. The standard InChI is InChI=1S/C9H11ClO.C7H8O/c10-7-6-9(11)8-4-2-1-3-5-8;8-6-7-4-2-1-3-5-7/h1-5,9,11H,6-7H2;1-5,8H,6H2/t9-;/m1./s1. The zero-order chi connectivity index (χ0) is 13.9. The second-order valence-electron chi connectivity index (χ2n) is 4.05. The number of alkyl halides is 1. The fourth-order valence-corrected chi connectivity index (χ4v) is 1.74. The summed E-state index contributed by atoms with van der Waals surface area (Å²) >= 11 is 5.49. The molecule has 0 unspecified atom stereocenters. The molecule has 2 N–H and O–H groups in total. The van der Waals surface area contributed by atoms with Crippen LogP contribution in [-0.4, -0.2) is 16.1 Å². The molecule has 0 fully saturated rings. The van der Waals surface area contributed by atoms with Crippen molar-refractivity contribution in [3.05, 3.63) is 71.8 Å². The molecule has 0 aliphatic heterocycles. The van der Waals surface area contributed by atoms with Crippen LogP contribution in [0.15, 0.2) is 60.7 Å². The van der Waals surface area contributed by atoms with E-state index < -0.39 is 6.10 Å². The monoisotopic (exact) mass is 278 g/mol. The van der Waals surface area contributed by atoms with Crippen LogP contribution in [0.4, 0.5) is 0 Å². The fourth-order valence-electron chi connectivity index (χ4n) is 1.53. The van der Waals surface area contributed by atoms with Gasteiger partial charge in [0, 0.05) is 5.88 Å². The van der Waals surface area contributed by atoms with Crippen LogP contribution in [0.25, 0.3) is 0 Å². The quantitative estimate of drug-likeness (QED) is 0.840. The molecule has 0 saturated carbocycles. The molecule has 19 heavy (non-hydrogen) atoms. The Morgan fingerprint density at radius 1 is 0.895 bits per heavy atom. The highest BCUT2D eigenvalue weighted by molar-refractivity contribution is 6.17. The van der Waals surface area contributed by atoms with Gasteiger partial charge in [0.1, 0.15) is 0 Å². The highest BCUT2D eigenvalue weighted by Gasteiger charge is 2.03. The van der Waals surface area contributed by atoms with Crippen molar-refractivity contribution in [3.8, 4) is 0 Å². The van der Waals surface area contributed by atoms with Crippen molar-refractivity contribution < 1.29 is 10.2 Å². The summed E-state index contributed by atoms with van der Waals surface area (Å²) < 4.78 is 0. The lowest BCUT2D eigenvalue weighted by molar-refractivity contribution is 0.174. The first-order valence-electron chi connectivity index (χ1n) is 6.21. The van der Waals surface area contributed by atoms with Crippen LogP contribution in [0, 0.1) is 0 Å². The first-order chi connectivity index (χ1) is 9.27. The third-order valence-electron chi connectivity index (χ3n) is 2.59. The van der Waals surface area contributed by atoms with Crippen LogP contribution in [-0.2, 0) is 6.61 Å². The molecule has 3 heteroatoms. The van der Waals surface area contributed by atoms with Crippen LogP contribution in [0.1, 0.15) is 23.7 Å². The molecule has 2 nitrogen and oxygen atoms in total. The number of aliphatic hydroxyl groups is 2.